The quantitative estimate of drug-likeness (QED) is 0.634. The fourth-order valence-electron chi connectivity index (χ4n) is 2.21. The number of urea groups is 1. The van der Waals surface area contributed by atoms with Gasteiger partial charge in [-0.2, -0.15) is 0 Å². The van der Waals surface area contributed by atoms with Crippen molar-refractivity contribution in [2.24, 2.45) is 0 Å². The number of carboxylic acids is 2. The number of carbonyl (C=O) groups excluding carboxylic acids is 1. The molecule has 0 radical (unpaired) electrons. The van der Waals surface area contributed by atoms with E-state index in [2.05, 4.69) is 5.32 Å². The number of carboxylic acid groups (broad SMARTS) is 2. The second kappa shape index (κ2) is 11.2. The number of hydrogen-bond acceptors (Lipinski definition) is 5. The first kappa shape index (κ1) is 22.5. The smallest absolute Gasteiger partial charge is 0.414 e. The molecule has 0 bridgehead atoms. The summed E-state index contributed by atoms with van der Waals surface area (Å²) in [5.41, 5.74) is 0. The van der Waals surface area contributed by atoms with E-state index in [0.717, 1.165) is 25.3 Å². The zero-order valence-corrected chi connectivity index (χ0v) is 16.0. The Morgan fingerprint density at radius 2 is 1.81 bits per heavy atom. The van der Waals surface area contributed by atoms with Gasteiger partial charge in [0, 0.05) is 31.1 Å². The first-order chi connectivity index (χ1) is 12.7. The molecular formula is C17H24ClN3O6. The standard InChI is InChI=1S/C15H22ClN3O2.C2H2O4/c1-18(2)10-8-17-15(20)19-9-7-14(11-19)21-13-5-3-12(16)4-6-13;3-1(4)2(5)6/h3-6,14H,7-11H2,1-2H3,(H,17,20);(H,3,4)(H,5,6). The number of aliphatic carboxylic acids is 2. The normalized spacial score (nSPS) is 15.7. The van der Waals surface area contributed by atoms with Gasteiger partial charge in [-0.25, -0.2) is 14.4 Å². The molecule has 0 spiro atoms. The van der Waals surface area contributed by atoms with Crippen LogP contribution in [0.15, 0.2) is 24.3 Å². The molecule has 10 heteroatoms. The number of rotatable bonds is 5. The predicted octanol–water partition coefficient (Wildman–Crippen LogP) is 1.22. The zero-order chi connectivity index (χ0) is 20.4. The van der Waals surface area contributed by atoms with Gasteiger partial charge >= 0.3 is 18.0 Å². The summed E-state index contributed by atoms with van der Waals surface area (Å²) in [5.74, 6) is -2.86. The predicted molar refractivity (Wildman–Crippen MR) is 99.3 cm³/mol. The third-order valence-corrected chi connectivity index (χ3v) is 3.82. The van der Waals surface area contributed by atoms with Gasteiger partial charge in [0.2, 0.25) is 0 Å². The number of carbonyl (C=O) groups is 3. The average Bonchev–Trinajstić information content (AvgIpc) is 3.05. The molecule has 1 unspecified atom stereocenters. The lowest BCUT2D eigenvalue weighted by Crippen LogP contribution is -2.41. The highest BCUT2D eigenvalue weighted by molar-refractivity contribution is 6.30. The lowest BCUT2D eigenvalue weighted by Gasteiger charge is -2.19. The van der Waals surface area contributed by atoms with Crippen molar-refractivity contribution in [1.82, 2.24) is 15.1 Å². The second-order valence-electron chi connectivity index (χ2n) is 6.07. The SMILES string of the molecule is CN(C)CCNC(=O)N1CCC(Oc2ccc(Cl)cc2)C1.O=C(O)C(=O)O. The van der Waals surface area contributed by atoms with Gasteiger partial charge in [-0.15, -0.1) is 0 Å². The van der Waals surface area contributed by atoms with E-state index in [1.807, 2.05) is 31.1 Å². The molecule has 1 atom stereocenters. The third kappa shape index (κ3) is 9.11. The van der Waals surface area contributed by atoms with Gasteiger partial charge in [0.25, 0.3) is 0 Å². The highest BCUT2D eigenvalue weighted by Crippen LogP contribution is 2.20. The van der Waals surface area contributed by atoms with Gasteiger partial charge < -0.3 is 30.1 Å². The molecule has 150 valence electrons. The summed E-state index contributed by atoms with van der Waals surface area (Å²) in [7, 11) is 3.97. The van der Waals surface area contributed by atoms with Crippen LogP contribution >= 0.6 is 11.6 Å². The molecule has 2 amide bonds. The Balaban J connectivity index is 0.000000527. The number of nitrogens with zero attached hydrogens (tertiary/aromatic N) is 2. The summed E-state index contributed by atoms with van der Waals surface area (Å²) in [6.45, 7) is 2.85. The molecule has 1 fully saturated rings. The van der Waals surface area contributed by atoms with Gasteiger partial charge in [-0.3, -0.25) is 0 Å². The maximum absolute atomic E-state index is 12.0. The van der Waals surface area contributed by atoms with Crippen LogP contribution in [0.25, 0.3) is 0 Å². The number of nitrogens with one attached hydrogen (secondary N) is 1. The van der Waals surface area contributed by atoms with E-state index in [0.29, 0.717) is 18.1 Å². The molecule has 27 heavy (non-hydrogen) atoms. The Morgan fingerprint density at radius 1 is 1.22 bits per heavy atom. The molecule has 1 aliphatic rings. The van der Waals surface area contributed by atoms with Crippen molar-refractivity contribution < 1.29 is 29.3 Å². The number of hydrogen-bond donors (Lipinski definition) is 3. The summed E-state index contributed by atoms with van der Waals surface area (Å²) >= 11 is 5.84. The number of likely N-dealkylation sites (N-methyl/N-ethyl adjacent to an activating group) is 1. The highest BCUT2D eigenvalue weighted by atomic mass is 35.5. The van der Waals surface area contributed by atoms with Crippen molar-refractivity contribution in [2.75, 3.05) is 40.3 Å². The van der Waals surface area contributed by atoms with E-state index in [1.165, 1.54) is 0 Å². The van der Waals surface area contributed by atoms with Crippen LogP contribution in [0.1, 0.15) is 6.42 Å². The van der Waals surface area contributed by atoms with Crippen LogP contribution in [0.3, 0.4) is 0 Å². The van der Waals surface area contributed by atoms with Crippen LogP contribution in [-0.4, -0.2) is 84.4 Å². The molecule has 0 aliphatic carbocycles. The second-order valence-corrected chi connectivity index (χ2v) is 6.51. The van der Waals surface area contributed by atoms with Crippen molar-refractivity contribution in [2.45, 2.75) is 12.5 Å². The maximum Gasteiger partial charge on any atom is 0.414 e. The summed E-state index contributed by atoms with van der Waals surface area (Å²) in [4.78, 5) is 34.0. The first-order valence-electron chi connectivity index (χ1n) is 8.25. The topological polar surface area (TPSA) is 119 Å². The minimum atomic E-state index is -1.82. The summed E-state index contributed by atoms with van der Waals surface area (Å²) < 4.78 is 5.86. The molecule has 1 heterocycles. The maximum atomic E-state index is 12.0. The Kier molecular flexibility index (Phi) is 9.38. The Labute approximate surface area is 162 Å². The summed E-state index contributed by atoms with van der Waals surface area (Å²) in [5, 5.41) is 18.4. The van der Waals surface area contributed by atoms with Crippen LogP contribution < -0.4 is 10.1 Å². The van der Waals surface area contributed by atoms with E-state index in [4.69, 9.17) is 36.1 Å². The number of halogens is 1. The molecule has 0 saturated carbocycles. The van der Waals surface area contributed by atoms with Crippen LogP contribution in [0.5, 0.6) is 5.75 Å². The number of amides is 2. The van der Waals surface area contributed by atoms with E-state index in [9.17, 15) is 4.79 Å². The van der Waals surface area contributed by atoms with Gasteiger partial charge in [0.15, 0.2) is 0 Å². The molecule has 0 aromatic heterocycles. The van der Waals surface area contributed by atoms with E-state index in [-0.39, 0.29) is 12.1 Å². The Morgan fingerprint density at radius 3 is 2.33 bits per heavy atom. The van der Waals surface area contributed by atoms with Crippen LogP contribution in [0.4, 0.5) is 4.79 Å². The molecule has 1 aliphatic heterocycles. The fourth-order valence-corrected chi connectivity index (χ4v) is 2.34. The molecule has 2 rings (SSSR count). The van der Waals surface area contributed by atoms with Gasteiger partial charge in [0.1, 0.15) is 11.9 Å². The molecule has 1 aromatic rings. The third-order valence-electron chi connectivity index (χ3n) is 3.57. The summed E-state index contributed by atoms with van der Waals surface area (Å²) in [6, 6.07) is 7.29. The zero-order valence-electron chi connectivity index (χ0n) is 15.2. The minimum Gasteiger partial charge on any atom is -0.489 e. The lowest BCUT2D eigenvalue weighted by atomic mass is 10.3. The van der Waals surface area contributed by atoms with Crippen LogP contribution in [0, 0.1) is 0 Å². The molecular weight excluding hydrogens is 378 g/mol. The largest absolute Gasteiger partial charge is 0.489 e. The van der Waals surface area contributed by atoms with Crippen LogP contribution in [0.2, 0.25) is 5.02 Å². The van der Waals surface area contributed by atoms with Crippen molar-refractivity contribution >= 4 is 29.6 Å². The molecule has 3 N–H and O–H groups in total. The van der Waals surface area contributed by atoms with E-state index >= 15 is 0 Å². The van der Waals surface area contributed by atoms with Crippen molar-refractivity contribution in [3.8, 4) is 5.75 Å². The first-order valence-corrected chi connectivity index (χ1v) is 8.62. The lowest BCUT2D eigenvalue weighted by molar-refractivity contribution is -0.159. The van der Waals surface area contributed by atoms with Crippen molar-refractivity contribution in [1.29, 1.82) is 0 Å². The monoisotopic (exact) mass is 401 g/mol. The van der Waals surface area contributed by atoms with Crippen molar-refractivity contribution in [3.05, 3.63) is 29.3 Å². The van der Waals surface area contributed by atoms with E-state index in [1.54, 1.807) is 17.0 Å². The van der Waals surface area contributed by atoms with Gasteiger partial charge in [-0.05, 0) is 38.4 Å². The van der Waals surface area contributed by atoms with E-state index < -0.39 is 11.9 Å². The molecule has 9 nitrogen and oxygen atoms in total. The van der Waals surface area contributed by atoms with Crippen LogP contribution in [-0.2, 0) is 9.59 Å². The number of benzene rings is 1. The average molecular weight is 402 g/mol. The Bertz CT molecular complexity index is 626. The number of likely N-dealkylation sites (tertiary alicyclic amines) is 1. The fraction of sp³-hybridized carbons (Fsp3) is 0.471. The number of ether oxygens (including phenoxy) is 1. The Hall–Kier alpha value is -2.52. The van der Waals surface area contributed by atoms with Gasteiger partial charge in [0.05, 0.1) is 6.54 Å². The minimum absolute atomic E-state index is 0.0148. The highest BCUT2D eigenvalue weighted by Gasteiger charge is 2.27. The summed E-state index contributed by atoms with van der Waals surface area (Å²) in [6.07, 6.45) is 0.898. The molecule has 1 aromatic carbocycles. The molecule has 1 saturated heterocycles. The van der Waals surface area contributed by atoms with Gasteiger partial charge in [-0.1, -0.05) is 11.6 Å². The van der Waals surface area contributed by atoms with Crippen molar-refractivity contribution in [3.63, 3.8) is 0 Å².